The fourth-order valence-electron chi connectivity index (χ4n) is 1.23. The molecule has 0 heterocycles. The second-order valence-electron chi connectivity index (χ2n) is 3.62. The average molecular weight is 246 g/mol. The number of hydrogen-bond acceptors (Lipinski definition) is 3. The van der Waals surface area contributed by atoms with Gasteiger partial charge in [-0.2, -0.15) is 0 Å². The number of thiocarbonyl (C=S) groups is 1. The first-order valence-corrected chi connectivity index (χ1v) is 6.20. The summed E-state index contributed by atoms with van der Waals surface area (Å²) in [6.07, 6.45) is 3.88. The molecule has 0 bridgehead atoms. The van der Waals surface area contributed by atoms with E-state index in [1.807, 2.05) is 4.90 Å². The molecule has 0 fully saturated rings. The molecule has 0 aliphatic rings. The van der Waals surface area contributed by atoms with Crippen LogP contribution < -0.4 is 5.32 Å². The van der Waals surface area contributed by atoms with Crippen LogP contribution in [0.5, 0.6) is 0 Å². The third-order valence-electron chi connectivity index (χ3n) is 2.24. The van der Waals surface area contributed by atoms with Gasteiger partial charge in [0, 0.05) is 13.1 Å². The number of alkyl carbamates (subject to hydrolysis) is 1. The Hall–Kier alpha value is -0.840. The van der Waals surface area contributed by atoms with Gasteiger partial charge >= 0.3 is 6.09 Å². The van der Waals surface area contributed by atoms with Gasteiger partial charge < -0.3 is 9.64 Å². The molecule has 0 aromatic carbocycles. The molecule has 0 radical (unpaired) electrons. The van der Waals surface area contributed by atoms with Crippen LogP contribution >= 0.6 is 12.2 Å². The van der Waals surface area contributed by atoms with Crippen LogP contribution in [0.2, 0.25) is 0 Å². The van der Waals surface area contributed by atoms with Gasteiger partial charge in [0.1, 0.15) is 0 Å². The molecule has 1 N–H and O–H groups in total. The molecule has 1 amide bonds. The van der Waals surface area contributed by atoms with Crippen molar-refractivity contribution in [3.05, 3.63) is 0 Å². The summed E-state index contributed by atoms with van der Waals surface area (Å²) < 4.78 is 4.52. The first-order valence-electron chi connectivity index (χ1n) is 5.79. The van der Waals surface area contributed by atoms with Gasteiger partial charge in [-0.25, -0.2) is 4.79 Å². The van der Waals surface area contributed by atoms with Crippen molar-refractivity contribution in [1.29, 1.82) is 0 Å². The Kier molecular flexibility index (Phi) is 8.90. The molecule has 5 heteroatoms. The molecule has 0 aliphatic carbocycles. The Morgan fingerprint density at radius 3 is 2.12 bits per heavy atom. The zero-order valence-electron chi connectivity index (χ0n) is 10.4. The van der Waals surface area contributed by atoms with E-state index in [-0.39, 0.29) is 0 Å². The van der Waals surface area contributed by atoms with Crippen molar-refractivity contribution in [2.75, 3.05) is 20.2 Å². The maximum absolute atomic E-state index is 11.0. The summed E-state index contributed by atoms with van der Waals surface area (Å²) in [5.74, 6) is 0. The summed E-state index contributed by atoms with van der Waals surface area (Å²) >= 11 is 5.16. The van der Waals surface area contributed by atoms with E-state index in [4.69, 9.17) is 12.2 Å². The van der Waals surface area contributed by atoms with Crippen molar-refractivity contribution in [2.45, 2.75) is 39.5 Å². The number of methoxy groups -OCH3 is 1. The molecule has 16 heavy (non-hydrogen) atoms. The SMILES string of the molecule is CCCCN(CCCC)C(=S)NC(=O)OC. The Labute approximate surface area is 103 Å². The van der Waals surface area contributed by atoms with E-state index in [1.54, 1.807) is 0 Å². The van der Waals surface area contributed by atoms with Gasteiger partial charge in [-0.1, -0.05) is 26.7 Å². The van der Waals surface area contributed by atoms with Gasteiger partial charge in [0.2, 0.25) is 0 Å². The lowest BCUT2D eigenvalue weighted by atomic mass is 10.3. The second kappa shape index (κ2) is 9.39. The van der Waals surface area contributed by atoms with Gasteiger partial charge in [0.15, 0.2) is 5.11 Å². The van der Waals surface area contributed by atoms with Crippen molar-refractivity contribution in [3.8, 4) is 0 Å². The lowest BCUT2D eigenvalue weighted by molar-refractivity contribution is 0.175. The van der Waals surface area contributed by atoms with Gasteiger partial charge in [0.05, 0.1) is 7.11 Å². The highest BCUT2D eigenvalue weighted by atomic mass is 32.1. The minimum Gasteiger partial charge on any atom is -0.453 e. The highest BCUT2D eigenvalue weighted by Gasteiger charge is 2.11. The summed E-state index contributed by atoms with van der Waals surface area (Å²) in [5, 5.41) is 3.01. The van der Waals surface area contributed by atoms with Crippen LogP contribution in [0.25, 0.3) is 0 Å². The van der Waals surface area contributed by atoms with E-state index in [2.05, 4.69) is 23.9 Å². The highest BCUT2D eigenvalue weighted by Crippen LogP contribution is 2.00. The molecule has 0 saturated heterocycles. The fourth-order valence-corrected chi connectivity index (χ4v) is 1.50. The minimum absolute atomic E-state index is 0.466. The zero-order chi connectivity index (χ0) is 12.4. The summed E-state index contributed by atoms with van der Waals surface area (Å²) in [6.45, 7) is 6.04. The number of amides is 1. The van der Waals surface area contributed by atoms with Gasteiger partial charge in [-0.3, -0.25) is 5.32 Å². The van der Waals surface area contributed by atoms with Gasteiger partial charge in [-0.15, -0.1) is 0 Å². The predicted octanol–water partition coefficient (Wildman–Crippen LogP) is 2.53. The monoisotopic (exact) mass is 246 g/mol. The van der Waals surface area contributed by atoms with E-state index < -0.39 is 6.09 Å². The van der Waals surface area contributed by atoms with Crippen LogP contribution in [0.1, 0.15) is 39.5 Å². The summed E-state index contributed by atoms with van der Waals surface area (Å²) in [5.41, 5.74) is 0. The van der Waals surface area contributed by atoms with Crippen LogP contribution in [0.4, 0.5) is 4.79 Å². The fraction of sp³-hybridized carbons (Fsp3) is 0.818. The van der Waals surface area contributed by atoms with E-state index in [1.165, 1.54) is 7.11 Å². The van der Waals surface area contributed by atoms with Crippen molar-refractivity contribution < 1.29 is 9.53 Å². The quantitative estimate of drug-likeness (QED) is 0.731. The molecular weight excluding hydrogens is 224 g/mol. The molecule has 0 spiro atoms. The number of unbranched alkanes of at least 4 members (excludes halogenated alkanes) is 2. The molecule has 0 aliphatic heterocycles. The lowest BCUT2D eigenvalue weighted by Gasteiger charge is -2.24. The molecule has 0 atom stereocenters. The number of ether oxygens (including phenoxy) is 1. The smallest absolute Gasteiger partial charge is 0.413 e. The van der Waals surface area contributed by atoms with Crippen LogP contribution in [0, 0.1) is 0 Å². The first kappa shape index (κ1) is 15.2. The third-order valence-corrected chi connectivity index (χ3v) is 2.61. The standard InChI is InChI=1S/C11H22N2O2S/c1-4-6-8-13(9-7-5-2)10(16)12-11(14)15-3/h4-9H2,1-3H3,(H,12,14,16). The summed E-state index contributed by atoms with van der Waals surface area (Å²) in [6, 6.07) is 0. The normalized spacial score (nSPS) is 9.69. The molecule has 4 nitrogen and oxygen atoms in total. The summed E-state index contributed by atoms with van der Waals surface area (Å²) in [4.78, 5) is 13.1. The summed E-state index contributed by atoms with van der Waals surface area (Å²) in [7, 11) is 1.33. The Morgan fingerprint density at radius 1 is 1.25 bits per heavy atom. The van der Waals surface area contributed by atoms with Crippen LogP contribution in [0.3, 0.4) is 0 Å². The van der Waals surface area contributed by atoms with Crippen LogP contribution in [-0.2, 0) is 4.74 Å². The Balaban J connectivity index is 4.13. The third kappa shape index (κ3) is 6.61. The first-order chi connectivity index (χ1) is 7.65. The molecule has 0 saturated carbocycles. The molecule has 94 valence electrons. The second-order valence-corrected chi connectivity index (χ2v) is 4.00. The number of hydrogen-bond donors (Lipinski definition) is 1. The van der Waals surface area contributed by atoms with E-state index in [9.17, 15) is 4.79 Å². The number of carbonyl (C=O) groups is 1. The Bertz CT molecular complexity index is 214. The Morgan fingerprint density at radius 2 is 1.75 bits per heavy atom. The maximum Gasteiger partial charge on any atom is 0.413 e. The molecule has 0 aromatic heterocycles. The highest BCUT2D eigenvalue weighted by molar-refractivity contribution is 7.80. The largest absolute Gasteiger partial charge is 0.453 e. The van der Waals surface area contributed by atoms with Crippen molar-refractivity contribution >= 4 is 23.4 Å². The van der Waals surface area contributed by atoms with Crippen molar-refractivity contribution in [1.82, 2.24) is 10.2 Å². The average Bonchev–Trinajstić information content (AvgIpc) is 2.28. The topological polar surface area (TPSA) is 41.6 Å². The molecular formula is C11H22N2O2S. The van der Waals surface area contributed by atoms with Gasteiger partial charge in [-0.05, 0) is 25.1 Å². The molecule has 0 unspecified atom stereocenters. The van der Waals surface area contributed by atoms with E-state index >= 15 is 0 Å². The van der Waals surface area contributed by atoms with Crippen molar-refractivity contribution in [2.24, 2.45) is 0 Å². The zero-order valence-corrected chi connectivity index (χ0v) is 11.2. The number of nitrogens with zero attached hydrogens (tertiary/aromatic N) is 1. The predicted molar refractivity (Wildman–Crippen MR) is 69.5 cm³/mol. The van der Waals surface area contributed by atoms with Gasteiger partial charge in [0.25, 0.3) is 0 Å². The van der Waals surface area contributed by atoms with E-state index in [0.29, 0.717) is 5.11 Å². The lowest BCUT2D eigenvalue weighted by Crippen LogP contribution is -2.43. The molecule has 0 rings (SSSR count). The number of nitrogens with one attached hydrogen (secondary N) is 1. The minimum atomic E-state index is -0.497. The van der Waals surface area contributed by atoms with E-state index in [0.717, 1.165) is 38.8 Å². The van der Waals surface area contributed by atoms with Crippen LogP contribution in [-0.4, -0.2) is 36.3 Å². The maximum atomic E-state index is 11.0. The van der Waals surface area contributed by atoms with Crippen molar-refractivity contribution in [3.63, 3.8) is 0 Å². The number of rotatable bonds is 6. The number of carbonyl (C=O) groups excluding carboxylic acids is 1. The molecule has 0 aromatic rings. The van der Waals surface area contributed by atoms with Crippen LogP contribution in [0.15, 0.2) is 0 Å².